The first kappa shape index (κ1) is 16.1. The van der Waals surface area contributed by atoms with Gasteiger partial charge < -0.3 is 14.6 Å². The van der Waals surface area contributed by atoms with E-state index in [-0.39, 0.29) is 11.9 Å². The van der Waals surface area contributed by atoms with E-state index in [0.29, 0.717) is 30.2 Å². The van der Waals surface area contributed by atoms with Gasteiger partial charge in [0.2, 0.25) is 0 Å². The summed E-state index contributed by atoms with van der Waals surface area (Å²) in [6.45, 7) is 5.10. The Hall–Kier alpha value is -2.81. The van der Waals surface area contributed by atoms with Gasteiger partial charge in [0.25, 0.3) is 5.91 Å². The van der Waals surface area contributed by atoms with E-state index in [1.807, 2.05) is 19.9 Å². The Bertz CT molecular complexity index is 777. The molecule has 0 spiro atoms. The van der Waals surface area contributed by atoms with Crippen LogP contribution in [0.25, 0.3) is 0 Å². The third-order valence-corrected chi connectivity index (χ3v) is 4.24. The first-order valence-corrected chi connectivity index (χ1v) is 8.06. The van der Waals surface area contributed by atoms with Crippen LogP contribution in [-0.4, -0.2) is 34.9 Å². The minimum atomic E-state index is -0.0969. The van der Waals surface area contributed by atoms with Gasteiger partial charge in [-0.25, -0.2) is 4.98 Å². The number of rotatable bonds is 3. The molecular formula is C18H20N4O2. The van der Waals surface area contributed by atoms with Gasteiger partial charge >= 0.3 is 0 Å². The van der Waals surface area contributed by atoms with Crippen molar-refractivity contribution in [3.8, 4) is 6.07 Å². The van der Waals surface area contributed by atoms with Crippen molar-refractivity contribution < 1.29 is 9.21 Å². The molecule has 6 nitrogen and oxygen atoms in total. The number of amides is 1. The number of likely N-dealkylation sites (tertiary alicyclic amines) is 1. The van der Waals surface area contributed by atoms with E-state index in [4.69, 9.17) is 4.42 Å². The molecule has 1 fully saturated rings. The summed E-state index contributed by atoms with van der Waals surface area (Å²) in [4.78, 5) is 18.7. The minimum Gasteiger partial charge on any atom is -0.459 e. The summed E-state index contributed by atoms with van der Waals surface area (Å²) in [6, 6.07) is 7.58. The number of hydrogen-bond acceptors (Lipinski definition) is 5. The molecule has 1 saturated heterocycles. The Morgan fingerprint density at radius 1 is 1.50 bits per heavy atom. The van der Waals surface area contributed by atoms with Crippen LogP contribution in [0.15, 0.2) is 28.9 Å². The summed E-state index contributed by atoms with van der Waals surface area (Å²) >= 11 is 0. The number of carbonyl (C=O) groups is 1. The highest BCUT2D eigenvalue weighted by atomic mass is 16.3. The number of nitrogens with zero attached hydrogens (tertiary/aromatic N) is 3. The minimum absolute atomic E-state index is 0.0680. The predicted octanol–water partition coefficient (Wildman–Crippen LogP) is 2.88. The van der Waals surface area contributed by atoms with Crippen LogP contribution in [-0.2, 0) is 0 Å². The molecule has 24 heavy (non-hydrogen) atoms. The molecule has 124 valence electrons. The number of nitrogens with one attached hydrogen (secondary N) is 1. The summed E-state index contributed by atoms with van der Waals surface area (Å²) in [5.74, 6) is 0.866. The van der Waals surface area contributed by atoms with E-state index in [1.165, 1.54) is 6.26 Å². The average molecular weight is 324 g/mol. The molecule has 1 aliphatic rings. The van der Waals surface area contributed by atoms with Crippen LogP contribution in [0.3, 0.4) is 0 Å². The topological polar surface area (TPSA) is 82.2 Å². The summed E-state index contributed by atoms with van der Waals surface area (Å²) in [6.07, 6.45) is 3.34. The maximum atomic E-state index is 12.4. The molecule has 2 aromatic heterocycles. The molecule has 0 aliphatic carbocycles. The van der Waals surface area contributed by atoms with Crippen LogP contribution in [0.1, 0.15) is 40.2 Å². The lowest BCUT2D eigenvalue weighted by atomic mass is 10.0. The molecular weight excluding hydrogens is 304 g/mol. The molecule has 1 atom stereocenters. The summed E-state index contributed by atoms with van der Waals surface area (Å²) in [5.41, 5.74) is 2.34. The van der Waals surface area contributed by atoms with Gasteiger partial charge in [0.1, 0.15) is 11.9 Å². The lowest BCUT2D eigenvalue weighted by Crippen LogP contribution is -2.45. The second-order valence-electron chi connectivity index (χ2n) is 6.13. The van der Waals surface area contributed by atoms with Crippen molar-refractivity contribution in [3.63, 3.8) is 0 Å². The Morgan fingerprint density at radius 2 is 2.33 bits per heavy atom. The van der Waals surface area contributed by atoms with Gasteiger partial charge in [0.15, 0.2) is 5.76 Å². The number of anilines is 1. The van der Waals surface area contributed by atoms with Crippen LogP contribution < -0.4 is 5.32 Å². The van der Waals surface area contributed by atoms with Gasteiger partial charge in [-0.2, -0.15) is 5.26 Å². The normalized spacial score (nSPS) is 17.4. The number of aryl methyl sites for hydroxylation is 2. The lowest BCUT2D eigenvalue weighted by molar-refractivity contribution is 0.0682. The van der Waals surface area contributed by atoms with E-state index >= 15 is 0 Å². The average Bonchev–Trinajstić information content (AvgIpc) is 3.08. The van der Waals surface area contributed by atoms with Crippen LogP contribution in [0.4, 0.5) is 5.82 Å². The van der Waals surface area contributed by atoms with Crippen molar-refractivity contribution in [1.29, 1.82) is 5.26 Å². The highest BCUT2D eigenvalue weighted by Crippen LogP contribution is 2.22. The van der Waals surface area contributed by atoms with Crippen molar-refractivity contribution in [3.05, 3.63) is 47.0 Å². The first-order valence-electron chi connectivity index (χ1n) is 8.06. The molecule has 0 bridgehead atoms. The highest BCUT2D eigenvalue weighted by Gasteiger charge is 2.26. The highest BCUT2D eigenvalue weighted by molar-refractivity contribution is 5.91. The quantitative estimate of drug-likeness (QED) is 0.938. The van der Waals surface area contributed by atoms with Crippen LogP contribution in [0.5, 0.6) is 0 Å². The SMILES string of the molecule is Cc1cc(C)c(C#N)c(NC2CCCN(C(=O)c3ccco3)C2)n1. The van der Waals surface area contributed by atoms with E-state index in [0.717, 1.165) is 24.1 Å². The molecule has 2 aromatic rings. The van der Waals surface area contributed by atoms with E-state index < -0.39 is 0 Å². The number of piperidine rings is 1. The number of nitriles is 1. The molecule has 1 amide bonds. The van der Waals surface area contributed by atoms with Gasteiger partial charge in [-0.05, 0) is 50.5 Å². The number of pyridine rings is 1. The summed E-state index contributed by atoms with van der Waals surface area (Å²) in [7, 11) is 0. The van der Waals surface area contributed by atoms with Gasteiger partial charge in [-0.1, -0.05) is 0 Å². The zero-order valence-corrected chi connectivity index (χ0v) is 13.9. The first-order chi connectivity index (χ1) is 11.6. The lowest BCUT2D eigenvalue weighted by Gasteiger charge is -2.33. The predicted molar refractivity (Wildman–Crippen MR) is 89.7 cm³/mol. The number of aromatic nitrogens is 1. The van der Waals surface area contributed by atoms with E-state index in [9.17, 15) is 10.1 Å². The van der Waals surface area contributed by atoms with E-state index in [1.54, 1.807) is 17.0 Å². The van der Waals surface area contributed by atoms with Crippen LogP contribution in [0, 0.1) is 25.2 Å². The zero-order chi connectivity index (χ0) is 17.1. The molecule has 0 aromatic carbocycles. The zero-order valence-electron chi connectivity index (χ0n) is 13.9. The third-order valence-electron chi connectivity index (χ3n) is 4.24. The monoisotopic (exact) mass is 324 g/mol. The molecule has 1 unspecified atom stereocenters. The van der Waals surface area contributed by atoms with Crippen LogP contribution in [0.2, 0.25) is 0 Å². The molecule has 1 N–H and O–H groups in total. The van der Waals surface area contributed by atoms with Crippen molar-refractivity contribution in [1.82, 2.24) is 9.88 Å². The Kier molecular flexibility index (Phi) is 4.52. The van der Waals surface area contributed by atoms with Crippen molar-refractivity contribution in [2.45, 2.75) is 32.7 Å². The number of furan rings is 1. The van der Waals surface area contributed by atoms with Crippen LogP contribution >= 0.6 is 0 Å². The molecule has 0 radical (unpaired) electrons. The van der Waals surface area contributed by atoms with Gasteiger partial charge in [-0.15, -0.1) is 0 Å². The maximum absolute atomic E-state index is 12.4. The fourth-order valence-corrected chi connectivity index (χ4v) is 3.11. The molecule has 3 heterocycles. The fraction of sp³-hybridized carbons (Fsp3) is 0.389. The van der Waals surface area contributed by atoms with Crippen molar-refractivity contribution in [2.24, 2.45) is 0 Å². The van der Waals surface area contributed by atoms with Crippen molar-refractivity contribution in [2.75, 3.05) is 18.4 Å². The Balaban J connectivity index is 1.75. The van der Waals surface area contributed by atoms with Gasteiger partial charge in [-0.3, -0.25) is 4.79 Å². The smallest absolute Gasteiger partial charge is 0.289 e. The van der Waals surface area contributed by atoms with E-state index in [2.05, 4.69) is 16.4 Å². The van der Waals surface area contributed by atoms with Gasteiger partial charge in [0, 0.05) is 24.8 Å². The number of hydrogen-bond donors (Lipinski definition) is 1. The fourth-order valence-electron chi connectivity index (χ4n) is 3.11. The standard InChI is InChI=1S/C18H20N4O2/c1-12-9-13(2)20-17(15(12)10-19)21-14-5-3-7-22(11-14)18(23)16-6-4-8-24-16/h4,6,8-9,14H,3,5,7,11H2,1-2H3,(H,20,21). The number of carbonyl (C=O) groups excluding carboxylic acids is 1. The molecule has 3 rings (SSSR count). The molecule has 0 saturated carbocycles. The molecule has 6 heteroatoms. The largest absolute Gasteiger partial charge is 0.459 e. The summed E-state index contributed by atoms with van der Waals surface area (Å²) < 4.78 is 5.20. The summed E-state index contributed by atoms with van der Waals surface area (Å²) in [5, 5.41) is 12.7. The third kappa shape index (κ3) is 3.25. The molecule has 1 aliphatic heterocycles. The second-order valence-corrected chi connectivity index (χ2v) is 6.13. The Morgan fingerprint density at radius 3 is 3.04 bits per heavy atom. The van der Waals surface area contributed by atoms with Crippen molar-refractivity contribution >= 4 is 11.7 Å². The second kappa shape index (κ2) is 6.75. The maximum Gasteiger partial charge on any atom is 0.289 e. The van der Waals surface area contributed by atoms with Gasteiger partial charge in [0.05, 0.1) is 11.8 Å². The Labute approximate surface area is 141 Å².